The van der Waals surface area contributed by atoms with E-state index in [9.17, 15) is 0 Å². The van der Waals surface area contributed by atoms with Crippen molar-refractivity contribution in [1.82, 2.24) is 4.98 Å². The Kier molecular flexibility index (Phi) is 2.56. The van der Waals surface area contributed by atoms with E-state index >= 15 is 0 Å². The molecule has 86 valence electrons. The predicted molar refractivity (Wildman–Crippen MR) is 71.2 cm³/mol. The number of hydrogen-bond acceptors (Lipinski definition) is 2. The maximum atomic E-state index is 4.26. The van der Waals surface area contributed by atoms with Gasteiger partial charge < -0.3 is 5.32 Å². The number of aromatic nitrogens is 1. The second-order valence-electron chi connectivity index (χ2n) is 4.57. The van der Waals surface area contributed by atoms with Crippen molar-refractivity contribution < 1.29 is 0 Å². The average molecular weight is 224 g/mol. The van der Waals surface area contributed by atoms with E-state index in [-0.39, 0.29) is 0 Å². The largest absolute Gasteiger partial charge is 0.388 e. The van der Waals surface area contributed by atoms with Crippen LogP contribution in [-0.4, -0.2) is 12.0 Å². The molecule has 1 aliphatic rings. The monoisotopic (exact) mass is 224 g/mol. The molecule has 0 aliphatic heterocycles. The molecule has 0 atom stereocenters. The number of nitrogens with one attached hydrogen (secondary N) is 1. The van der Waals surface area contributed by atoms with Crippen LogP contribution in [0.1, 0.15) is 24.3 Å². The summed E-state index contributed by atoms with van der Waals surface area (Å²) in [6.07, 6.45) is 6.53. The normalized spacial score (nSPS) is 14.6. The van der Waals surface area contributed by atoms with Crippen molar-refractivity contribution in [2.75, 3.05) is 12.4 Å². The third-order valence-corrected chi connectivity index (χ3v) is 3.33. The summed E-state index contributed by atoms with van der Waals surface area (Å²) in [5.74, 6) is 0.733. The van der Waals surface area contributed by atoms with Crippen molar-refractivity contribution in [3.8, 4) is 11.1 Å². The van der Waals surface area contributed by atoms with Gasteiger partial charge in [-0.2, -0.15) is 0 Å². The van der Waals surface area contributed by atoms with E-state index < -0.39 is 0 Å². The van der Waals surface area contributed by atoms with Gasteiger partial charge >= 0.3 is 0 Å². The third kappa shape index (κ3) is 2.03. The summed E-state index contributed by atoms with van der Waals surface area (Å²) in [6.45, 7) is 0. The Bertz CT molecular complexity index is 530. The lowest BCUT2D eigenvalue weighted by molar-refractivity contribution is 1.10. The lowest BCUT2D eigenvalue weighted by Crippen LogP contribution is -1.91. The molecule has 1 fully saturated rings. The van der Waals surface area contributed by atoms with Crippen LogP contribution in [0.25, 0.3) is 11.1 Å². The van der Waals surface area contributed by atoms with Gasteiger partial charge in [-0.15, -0.1) is 0 Å². The second-order valence-corrected chi connectivity index (χ2v) is 4.57. The minimum atomic E-state index is 0.733. The van der Waals surface area contributed by atoms with Crippen LogP contribution in [0, 0.1) is 0 Å². The quantitative estimate of drug-likeness (QED) is 0.860. The Morgan fingerprint density at radius 1 is 1.24 bits per heavy atom. The SMILES string of the molecule is CNc1cccc(-c2ccncc2C2CC2)c1. The fraction of sp³-hybridized carbons (Fsp3) is 0.267. The standard InChI is InChI=1S/C15H16N2/c1-16-13-4-2-3-12(9-13)14-7-8-17-10-15(14)11-5-6-11/h2-4,7-11,16H,5-6H2,1H3. The first-order chi connectivity index (χ1) is 8.38. The maximum absolute atomic E-state index is 4.26. The summed E-state index contributed by atoms with van der Waals surface area (Å²) in [7, 11) is 1.95. The summed E-state index contributed by atoms with van der Waals surface area (Å²) in [5.41, 5.74) is 5.17. The molecular formula is C15H16N2. The van der Waals surface area contributed by atoms with Gasteiger partial charge in [-0.25, -0.2) is 0 Å². The van der Waals surface area contributed by atoms with Crippen LogP contribution >= 0.6 is 0 Å². The zero-order valence-corrected chi connectivity index (χ0v) is 9.98. The zero-order valence-electron chi connectivity index (χ0n) is 9.98. The Morgan fingerprint density at radius 2 is 2.12 bits per heavy atom. The molecule has 2 heteroatoms. The highest BCUT2D eigenvalue weighted by atomic mass is 14.8. The van der Waals surface area contributed by atoms with Crippen molar-refractivity contribution in [3.63, 3.8) is 0 Å². The summed E-state index contributed by atoms with van der Waals surface area (Å²) in [5, 5.41) is 3.19. The molecule has 1 aromatic carbocycles. The van der Waals surface area contributed by atoms with E-state index in [4.69, 9.17) is 0 Å². The van der Waals surface area contributed by atoms with E-state index in [1.807, 2.05) is 19.4 Å². The van der Waals surface area contributed by atoms with Crippen molar-refractivity contribution >= 4 is 5.69 Å². The average Bonchev–Trinajstić information content (AvgIpc) is 3.23. The van der Waals surface area contributed by atoms with Gasteiger partial charge in [0, 0.05) is 25.1 Å². The van der Waals surface area contributed by atoms with Gasteiger partial charge in [-0.05, 0) is 53.6 Å². The minimum Gasteiger partial charge on any atom is -0.388 e. The highest BCUT2D eigenvalue weighted by Gasteiger charge is 2.26. The molecular weight excluding hydrogens is 208 g/mol. The smallest absolute Gasteiger partial charge is 0.0343 e. The van der Waals surface area contributed by atoms with Gasteiger partial charge in [0.05, 0.1) is 0 Å². The number of hydrogen-bond donors (Lipinski definition) is 1. The molecule has 2 aromatic rings. The number of rotatable bonds is 3. The van der Waals surface area contributed by atoms with Crippen molar-refractivity contribution in [2.45, 2.75) is 18.8 Å². The van der Waals surface area contributed by atoms with Crippen molar-refractivity contribution in [1.29, 1.82) is 0 Å². The van der Waals surface area contributed by atoms with Crippen LogP contribution in [0.5, 0.6) is 0 Å². The van der Waals surface area contributed by atoms with E-state index in [1.165, 1.54) is 29.5 Å². The van der Waals surface area contributed by atoms with Crippen LogP contribution in [0.15, 0.2) is 42.7 Å². The molecule has 17 heavy (non-hydrogen) atoms. The fourth-order valence-corrected chi connectivity index (χ4v) is 2.23. The van der Waals surface area contributed by atoms with Gasteiger partial charge in [0.15, 0.2) is 0 Å². The first kappa shape index (κ1) is 10.3. The number of pyridine rings is 1. The Hall–Kier alpha value is -1.83. The van der Waals surface area contributed by atoms with Crippen LogP contribution in [0.4, 0.5) is 5.69 Å². The molecule has 0 radical (unpaired) electrons. The van der Waals surface area contributed by atoms with E-state index in [0.717, 1.165) is 11.6 Å². The molecule has 1 aliphatic carbocycles. The number of anilines is 1. The molecule has 0 saturated heterocycles. The number of nitrogens with zero attached hydrogens (tertiary/aromatic N) is 1. The Morgan fingerprint density at radius 3 is 2.88 bits per heavy atom. The summed E-state index contributed by atoms with van der Waals surface area (Å²) < 4.78 is 0. The summed E-state index contributed by atoms with van der Waals surface area (Å²) in [6, 6.07) is 10.7. The highest BCUT2D eigenvalue weighted by molar-refractivity contribution is 5.71. The molecule has 0 amide bonds. The summed E-state index contributed by atoms with van der Waals surface area (Å²) in [4.78, 5) is 4.26. The molecule has 0 spiro atoms. The van der Waals surface area contributed by atoms with Crippen molar-refractivity contribution in [3.05, 3.63) is 48.3 Å². The summed E-state index contributed by atoms with van der Waals surface area (Å²) >= 11 is 0. The molecule has 2 nitrogen and oxygen atoms in total. The van der Waals surface area contributed by atoms with Crippen molar-refractivity contribution in [2.24, 2.45) is 0 Å². The maximum Gasteiger partial charge on any atom is 0.0343 e. The highest BCUT2D eigenvalue weighted by Crippen LogP contribution is 2.44. The first-order valence-corrected chi connectivity index (χ1v) is 6.10. The van der Waals surface area contributed by atoms with Crippen LogP contribution in [0.2, 0.25) is 0 Å². The predicted octanol–water partition coefficient (Wildman–Crippen LogP) is 3.67. The molecule has 1 N–H and O–H groups in total. The molecule has 1 saturated carbocycles. The van der Waals surface area contributed by atoms with E-state index in [0.29, 0.717) is 0 Å². The van der Waals surface area contributed by atoms with Gasteiger partial charge in [0.2, 0.25) is 0 Å². The Balaban J connectivity index is 2.07. The van der Waals surface area contributed by atoms with Gasteiger partial charge in [0.25, 0.3) is 0 Å². The lowest BCUT2D eigenvalue weighted by Gasteiger charge is -2.09. The molecule has 3 rings (SSSR count). The number of benzene rings is 1. The minimum absolute atomic E-state index is 0.733. The second kappa shape index (κ2) is 4.21. The zero-order chi connectivity index (χ0) is 11.7. The molecule has 1 heterocycles. The lowest BCUT2D eigenvalue weighted by atomic mass is 9.98. The van der Waals surface area contributed by atoms with E-state index in [2.05, 4.69) is 40.6 Å². The Labute approximate surface area is 102 Å². The van der Waals surface area contributed by atoms with Gasteiger partial charge in [0.1, 0.15) is 0 Å². The van der Waals surface area contributed by atoms with Crippen LogP contribution in [-0.2, 0) is 0 Å². The first-order valence-electron chi connectivity index (χ1n) is 6.10. The van der Waals surface area contributed by atoms with Gasteiger partial charge in [-0.3, -0.25) is 4.98 Å². The van der Waals surface area contributed by atoms with E-state index in [1.54, 1.807) is 0 Å². The fourth-order valence-electron chi connectivity index (χ4n) is 2.23. The third-order valence-electron chi connectivity index (χ3n) is 3.33. The van der Waals surface area contributed by atoms with Gasteiger partial charge in [-0.1, -0.05) is 12.1 Å². The van der Waals surface area contributed by atoms with Crippen LogP contribution < -0.4 is 5.32 Å². The molecule has 0 bridgehead atoms. The molecule has 0 unspecified atom stereocenters. The molecule has 1 aromatic heterocycles. The topological polar surface area (TPSA) is 24.9 Å². The van der Waals surface area contributed by atoms with Crippen LogP contribution in [0.3, 0.4) is 0 Å².